The number of nitro groups is 2. The molecule has 1 aliphatic rings. The van der Waals surface area contributed by atoms with Gasteiger partial charge in [0.15, 0.2) is 0 Å². The van der Waals surface area contributed by atoms with Gasteiger partial charge in [0.05, 0.1) is 21.1 Å². The van der Waals surface area contributed by atoms with Crippen LogP contribution in [0, 0.1) is 20.2 Å². The number of nitrogens with zero attached hydrogens (tertiary/aromatic N) is 2. The van der Waals surface area contributed by atoms with Crippen LogP contribution in [-0.4, -0.2) is 15.8 Å². The van der Waals surface area contributed by atoms with Crippen LogP contribution in [0.5, 0.6) is 0 Å². The molecule has 4 rings (SSSR count). The third-order valence-electron chi connectivity index (χ3n) is 4.62. The topological polar surface area (TPSA) is 127 Å². The van der Waals surface area contributed by atoms with Gasteiger partial charge in [-0.15, -0.1) is 0 Å². The highest BCUT2D eigenvalue weighted by molar-refractivity contribution is 6.37. The highest BCUT2D eigenvalue weighted by atomic mass is 16.6. The molecule has 0 unspecified atom stereocenters. The van der Waals surface area contributed by atoms with Crippen LogP contribution in [0.3, 0.4) is 0 Å². The van der Waals surface area contributed by atoms with Crippen LogP contribution in [0.4, 0.5) is 22.7 Å². The molecule has 3 aromatic rings. The van der Waals surface area contributed by atoms with Gasteiger partial charge in [-0.25, -0.2) is 0 Å². The minimum absolute atomic E-state index is 0.0611. The Morgan fingerprint density at radius 1 is 0.833 bits per heavy atom. The molecule has 9 nitrogen and oxygen atoms in total. The highest BCUT2D eigenvalue weighted by Crippen LogP contribution is 2.39. The highest BCUT2D eigenvalue weighted by Gasteiger charge is 2.30. The van der Waals surface area contributed by atoms with E-state index in [9.17, 15) is 25.0 Å². The number of nitro benzene ring substituents is 2. The van der Waals surface area contributed by atoms with Gasteiger partial charge < -0.3 is 10.6 Å². The summed E-state index contributed by atoms with van der Waals surface area (Å²) in [5.41, 5.74) is 2.57. The number of rotatable bonds is 5. The number of non-ortho nitro benzene ring substituents is 2. The number of carbonyl (C=O) groups excluding carboxylic acids is 1. The van der Waals surface area contributed by atoms with Gasteiger partial charge in [-0.1, -0.05) is 30.3 Å². The van der Waals surface area contributed by atoms with Crippen molar-refractivity contribution in [2.75, 3.05) is 10.6 Å². The lowest BCUT2D eigenvalue weighted by atomic mass is 9.99. The van der Waals surface area contributed by atoms with Crippen molar-refractivity contribution in [2.45, 2.75) is 0 Å². The quantitative estimate of drug-likeness (QED) is 0.369. The van der Waals surface area contributed by atoms with E-state index >= 15 is 0 Å². The van der Waals surface area contributed by atoms with Gasteiger partial charge in [0.25, 0.3) is 17.3 Å². The molecule has 0 bridgehead atoms. The first kappa shape index (κ1) is 18.8. The molecule has 0 saturated heterocycles. The fraction of sp³-hybridized carbons (Fsp3) is 0. The standard InChI is InChI=1S/C21H14N4O5/c26-21-19(17-12-16(25(29)30)10-11-18(17)23-21)20(13-4-2-1-3-5-13)22-14-6-8-15(9-7-14)24(27)28/h1-12,22H,(H,23,26)/b20-19-. The summed E-state index contributed by atoms with van der Waals surface area (Å²) in [4.78, 5) is 33.9. The summed E-state index contributed by atoms with van der Waals surface area (Å²) in [6, 6.07) is 18.9. The molecule has 0 saturated carbocycles. The number of nitrogens with one attached hydrogen (secondary N) is 2. The fourth-order valence-corrected chi connectivity index (χ4v) is 3.21. The third kappa shape index (κ3) is 3.47. The Bertz CT molecular complexity index is 1200. The molecule has 2 N–H and O–H groups in total. The number of fused-ring (bicyclic) bond motifs is 1. The van der Waals surface area contributed by atoms with E-state index in [1.54, 1.807) is 24.3 Å². The molecule has 0 aliphatic carbocycles. The Morgan fingerprint density at radius 3 is 2.10 bits per heavy atom. The molecule has 0 atom stereocenters. The maximum atomic E-state index is 12.8. The molecular formula is C21H14N4O5. The van der Waals surface area contributed by atoms with Crippen molar-refractivity contribution in [1.29, 1.82) is 0 Å². The first-order chi connectivity index (χ1) is 14.4. The van der Waals surface area contributed by atoms with Crippen molar-refractivity contribution in [2.24, 2.45) is 0 Å². The molecule has 9 heteroatoms. The Hall–Kier alpha value is -4.53. The predicted octanol–water partition coefficient (Wildman–Crippen LogP) is 4.44. The second kappa shape index (κ2) is 7.47. The van der Waals surface area contributed by atoms with Crippen LogP contribution in [-0.2, 0) is 4.79 Å². The van der Waals surface area contributed by atoms with E-state index in [0.29, 0.717) is 28.2 Å². The summed E-state index contributed by atoms with van der Waals surface area (Å²) in [5, 5.41) is 28.0. The van der Waals surface area contributed by atoms with Gasteiger partial charge in [0, 0.05) is 41.2 Å². The zero-order chi connectivity index (χ0) is 21.3. The maximum absolute atomic E-state index is 12.8. The number of anilines is 2. The lowest BCUT2D eigenvalue weighted by Gasteiger charge is -2.14. The molecule has 0 spiro atoms. The third-order valence-corrected chi connectivity index (χ3v) is 4.62. The molecule has 1 heterocycles. The van der Waals surface area contributed by atoms with Crippen molar-refractivity contribution < 1.29 is 14.6 Å². The Kier molecular flexibility index (Phi) is 4.69. The van der Waals surface area contributed by atoms with E-state index in [1.807, 2.05) is 6.07 Å². The maximum Gasteiger partial charge on any atom is 0.270 e. The summed E-state index contributed by atoms with van der Waals surface area (Å²) in [6.07, 6.45) is 0. The second-order valence-corrected chi connectivity index (χ2v) is 6.49. The van der Waals surface area contributed by atoms with Crippen molar-refractivity contribution in [3.8, 4) is 0 Å². The van der Waals surface area contributed by atoms with E-state index in [2.05, 4.69) is 10.6 Å². The van der Waals surface area contributed by atoms with E-state index in [1.165, 1.54) is 42.5 Å². The normalized spacial score (nSPS) is 13.9. The minimum Gasteiger partial charge on any atom is -0.354 e. The van der Waals surface area contributed by atoms with Crippen LogP contribution in [0.25, 0.3) is 11.3 Å². The van der Waals surface area contributed by atoms with Crippen LogP contribution >= 0.6 is 0 Å². The lowest BCUT2D eigenvalue weighted by molar-refractivity contribution is -0.385. The van der Waals surface area contributed by atoms with Gasteiger partial charge in [-0.3, -0.25) is 25.0 Å². The molecule has 0 aromatic heterocycles. The molecular weight excluding hydrogens is 388 g/mol. The van der Waals surface area contributed by atoms with Gasteiger partial charge in [0.2, 0.25) is 0 Å². The first-order valence-electron chi connectivity index (χ1n) is 8.85. The molecule has 1 amide bonds. The number of benzene rings is 3. The first-order valence-corrected chi connectivity index (χ1v) is 8.85. The Balaban J connectivity index is 1.87. The monoisotopic (exact) mass is 402 g/mol. The Labute approximate surface area is 170 Å². The second-order valence-electron chi connectivity index (χ2n) is 6.49. The molecule has 3 aromatic carbocycles. The van der Waals surface area contributed by atoms with Crippen molar-refractivity contribution in [3.05, 3.63) is 104 Å². The molecule has 148 valence electrons. The van der Waals surface area contributed by atoms with Gasteiger partial charge in [0.1, 0.15) is 0 Å². The van der Waals surface area contributed by atoms with E-state index in [0.717, 1.165) is 0 Å². The minimum atomic E-state index is -0.521. The summed E-state index contributed by atoms with van der Waals surface area (Å²) in [5.74, 6) is -0.404. The van der Waals surface area contributed by atoms with Crippen LogP contribution in [0.2, 0.25) is 0 Å². The summed E-state index contributed by atoms with van der Waals surface area (Å²) in [6.45, 7) is 0. The average Bonchev–Trinajstić information content (AvgIpc) is 3.07. The number of carbonyl (C=O) groups is 1. The van der Waals surface area contributed by atoms with E-state index < -0.39 is 15.8 Å². The van der Waals surface area contributed by atoms with Crippen LogP contribution in [0.1, 0.15) is 11.1 Å². The SMILES string of the molecule is O=C1Nc2ccc([N+](=O)[O-])cc2/C1=C(/Nc1ccc([N+](=O)[O-])cc1)c1ccccc1. The zero-order valence-corrected chi connectivity index (χ0v) is 15.4. The van der Waals surface area contributed by atoms with Gasteiger partial charge in [-0.2, -0.15) is 0 Å². The van der Waals surface area contributed by atoms with E-state index in [4.69, 9.17) is 0 Å². The van der Waals surface area contributed by atoms with Crippen LogP contribution < -0.4 is 10.6 Å². The smallest absolute Gasteiger partial charge is 0.270 e. The summed E-state index contributed by atoms with van der Waals surface area (Å²) < 4.78 is 0. The van der Waals surface area contributed by atoms with Gasteiger partial charge >= 0.3 is 0 Å². The summed E-state index contributed by atoms with van der Waals surface area (Å²) >= 11 is 0. The Morgan fingerprint density at radius 2 is 1.47 bits per heavy atom. The van der Waals surface area contributed by atoms with Crippen molar-refractivity contribution in [1.82, 2.24) is 0 Å². The average molecular weight is 402 g/mol. The van der Waals surface area contributed by atoms with Crippen molar-refractivity contribution in [3.63, 3.8) is 0 Å². The fourth-order valence-electron chi connectivity index (χ4n) is 3.21. The molecule has 0 fully saturated rings. The zero-order valence-electron chi connectivity index (χ0n) is 15.4. The number of hydrogen-bond donors (Lipinski definition) is 2. The lowest BCUT2D eigenvalue weighted by Crippen LogP contribution is -2.10. The predicted molar refractivity (Wildman–Crippen MR) is 112 cm³/mol. The van der Waals surface area contributed by atoms with Crippen molar-refractivity contribution >= 4 is 39.9 Å². The molecule has 0 radical (unpaired) electrons. The van der Waals surface area contributed by atoms with E-state index in [-0.39, 0.29) is 16.9 Å². The number of hydrogen-bond acceptors (Lipinski definition) is 6. The summed E-state index contributed by atoms with van der Waals surface area (Å²) in [7, 11) is 0. The molecule has 1 aliphatic heterocycles. The molecule has 30 heavy (non-hydrogen) atoms. The van der Waals surface area contributed by atoms with Crippen LogP contribution in [0.15, 0.2) is 72.8 Å². The number of amides is 1. The largest absolute Gasteiger partial charge is 0.354 e. The van der Waals surface area contributed by atoms with Gasteiger partial charge in [-0.05, 0) is 23.8 Å².